The lowest BCUT2D eigenvalue weighted by Crippen LogP contribution is -2.49. The molecule has 2 N–H and O–H groups in total. The molecule has 13 heteroatoms. The maximum absolute atomic E-state index is 13.8. The summed E-state index contributed by atoms with van der Waals surface area (Å²) < 4.78 is 87.5. The maximum atomic E-state index is 13.8. The van der Waals surface area contributed by atoms with E-state index < -0.39 is 59.4 Å². The molecule has 1 heterocycles. The lowest BCUT2D eigenvalue weighted by molar-refractivity contribution is -0.143. The van der Waals surface area contributed by atoms with Crippen LogP contribution in [0, 0.1) is 5.92 Å². The molecule has 0 aliphatic carbocycles. The molecule has 4 aromatic rings. The molecule has 1 aliphatic rings. The Labute approximate surface area is 297 Å². The standard InChI is InChI=1S/C39H39F6N3O4/c1-24-20-48(25(2)23-49)37(51)31-10-7-11-33(46-35(50)18-29-16-17-30(38(40,41)42)19-32(29)39(43,44)45)36(31)52-34(24)22-47(3)21-26-12-14-28(15-13-26)27-8-5-4-6-9-27/h4-17,19,24-25,34,49H,18,20-23H2,1-3H3,(H,46,50)/t24-,25?,34-/m1/s1. The average molecular weight is 728 g/mol. The van der Waals surface area contributed by atoms with E-state index in [0.717, 1.165) is 16.7 Å². The van der Waals surface area contributed by atoms with Gasteiger partial charge in [-0.2, -0.15) is 26.3 Å². The number of hydrogen-bond acceptors (Lipinski definition) is 5. The average Bonchev–Trinajstić information content (AvgIpc) is 3.09. The van der Waals surface area contributed by atoms with E-state index in [0.29, 0.717) is 25.2 Å². The summed E-state index contributed by atoms with van der Waals surface area (Å²) in [6.45, 7) is 4.45. The van der Waals surface area contributed by atoms with Crippen LogP contribution in [0.3, 0.4) is 0 Å². The first-order chi connectivity index (χ1) is 24.5. The van der Waals surface area contributed by atoms with Crippen LogP contribution in [0.4, 0.5) is 32.0 Å². The largest absolute Gasteiger partial charge is 0.486 e. The Morgan fingerprint density at radius 3 is 2.25 bits per heavy atom. The minimum absolute atomic E-state index is 0.00313. The van der Waals surface area contributed by atoms with E-state index in [-0.39, 0.29) is 42.1 Å². The molecule has 0 bridgehead atoms. The number of para-hydroxylation sites is 1. The van der Waals surface area contributed by atoms with Crippen molar-refractivity contribution in [3.05, 3.63) is 119 Å². The van der Waals surface area contributed by atoms with Crippen LogP contribution in [0.15, 0.2) is 91.0 Å². The molecule has 0 saturated carbocycles. The Kier molecular flexibility index (Phi) is 11.6. The van der Waals surface area contributed by atoms with Gasteiger partial charge in [0.1, 0.15) is 6.10 Å². The molecule has 7 nitrogen and oxygen atoms in total. The first-order valence-corrected chi connectivity index (χ1v) is 16.7. The van der Waals surface area contributed by atoms with Gasteiger partial charge in [-0.25, -0.2) is 0 Å². The van der Waals surface area contributed by atoms with Gasteiger partial charge in [-0.3, -0.25) is 14.5 Å². The molecule has 52 heavy (non-hydrogen) atoms. The highest BCUT2D eigenvalue weighted by molar-refractivity contribution is 6.02. The van der Waals surface area contributed by atoms with Crippen LogP contribution in [0.1, 0.15) is 46.5 Å². The Balaban J connectivity index is 1.41. The number of aliphatic hydroxyl groups is 1. The summed E-state index contributed by atoms with van der Waals surface area (Å²) in [7, 11) is 1.91. The Morgan fingerprint density at radius 2 is 1.62 bits per heavy atom. The van der Waals surface area contributed by atoms with Gasteiger partial charge in [-0.15, -0.1) is 0 Å². The second-order valence-electron chi connectivity index (χ2n) is 13.2. The van der Waals surface area contributed by atoms with Gasteiger partial charge in [-0.05, 0) is 60.5 Å². The third kappa shape index (κ3) is 9.12. The third-order valence-corrected chi connectivity index (χ3v) is 9.06. The van der Waals surface area contributed by atoms with Crippen LogP contribution >= 0.6 is 0 Å². The molecular weight excluding hydrogens is 688 g/mol. The van der Waals surface area contributed by atoms with Crippen molar-refractivity contribution < 1.29 is 45.8 Å². The molecule has 3 atom stereocenters. The molecule has 0 saturated heterocycles. The molecule has 5 rings (SSSR count). The van der Waals surface area contributed by atoms with Crippen molar-refractivity contribution in [1.29, 1.82) is 0 Å². The number of carbonyl (C=O) groups is 2. The molecule has 0 spiro atoms. The number of alkyl halides is 6. The number of amides is 2. The quantitative estimate of drug-likeness (QED) is 0.162. The fraction of sp³-hybridized carbons (Fsp3) is 0.333. The van der Waals surface area contributed by atoms with Gasteiger partial charge in [-0.1, -0.05) is 73.7 Å². The first-order valence-electron chi connectivity index (χ1n) is 16.7. The Morgan fingerprint density at radius 1 is 0.942 bits per heavy atom. The third-order valence-electron chi connectivity index (χ3n) is 9.06. The summed E-state index contributed by atoms with van der Waals surface area (Å²) in [4.78, 5) is 30.6. The highest BCUT2D eigenvalue weighted by atomic mass is 19.4. The number of ether oxygens (including phenoxy) is 1. The molecule has 1 unspecified atom stereocenters. The summed E-state index contributed by atoms with van der Waals surface area (Å²) in [6, 6.07) is 23.1. The number of nitrogens with one attached hydrogen (secondary N) is 1. The van der Waals surface area contributed by atoms with Crippen molar-refractivity contribution in [3.8, 4) is 16.9 Å². The predicted octanol–water partition coefficient (Wildman–Crippen LogP) is 7.92. The van der Waals surface area contributed by atoms with Crippen LogP contribution in [-0.2, 0) is 30.1 Å². The number of aliphatic hydroxyl groups excluding tert-OH is 1. The zero-order valence-corrected chi connectivity index (χ0v) is 28.8. The number of anilines is 1. The highest BCUT2D eigenvalue weighted by Crippen LogP contribution is 2.39. The number of nitrogens with zero attached hydrogens (tertiary/aromatic N) is 2. The van der Waals surface area contributed by atoms with Crippen molar-refractivity contribution in [1.82, 2.24) is 9.80 Å². The number of rotatable bonds is 10. The van der Waals surface area contributed by atoms with Crippen molar-refractivity contribution in [2.24, 2.45) is 5.92 Å². The molecule has 0 radical (unpaired) electrons. The van der Waals surface area contributed by atoms with E-state index in [2.05, 4.69) is 5.32 Å². The number of hydrogen-bond donors (Lipinski definition) is 2. The number of carbonyl (C=O) groups excluding carboxylic acids is 2. The first kappa shape index (κ1) is 38.4. The topological polar surface area (TPSA) is 82.1 Å². The van der Waals surface area contributed by atoms with E-state index in [1.54, 1.807) is 6.92 Å². The molecule has 1 aliphatic heterocycles. The molecule has 0 aromatic heterocycles. The summed E-state index contributed by atoms with van der Waals surface area (Å²) in [5, 5.41) is 12.5. The molecule has 276 valence electrons. The Bertz CT molecular complexity index is 1870. The molecular formula is C39H39F6N3O4. The van der Waals surface area contributed by atoms with Gasteiger partial charge in [0.15, 0.2) is 5.75 Å². The van der Waals surface area contributed by atoms with E-state index in [1.165, 1.54) is 23.1 Å². The van der Waals surface area contributed by atoms with E-state index >= 15 is 0 Å². The van der Waals surface area contributed by atoms with Gasteiger partial charge in [0, 0.05) is 25.6 Å². The highest BCUT2D eigenvalue weighted by Gasteiger charge is 2.39. The number of halogens is 6. The second-order valence-corrected chi connectivity index (χ2v) is 13.2. The van der Waals surface area contributed by atoms with Crippen molar-refractivity contribution in [2.75, 3.05) is 32.1 Å². The van der Waals surface area contributed by atoms with Crippen molar-refractivity contribution in [3.63, 3.8) is 0 Å². The fourth-order valence-corrected chi connectivity index (χ4v) is 6.21. The molecule has 4 aromatic carbocycles. The van der Waals surface area contributed by atoms with Gasteiger partial charge in [0.25, 0.3) is 5.91 Å². The lowest BCUT2D eigenvalue weighted by atomic mass is 9.98. The summed E-state index contributed by atoms with van der Waals surface area (Å²) >= 11 is 0. The molecule has 2 amide bonds. The van der Waals surface area contributed by atoms with Gasteiger partial charge in [0.2, 0.25) is 5.91 Å². The van der Waals surface area contributed by atoms with Gasteiger partial charge < -0.3 is 20.1 Å². The number of likely N-dealkylation sites (N-methyl/N-ethyl adjacent to an activating group) is 1. The molecule has 0 fully saturated rings. The zero-order valence-electron chi connectivity index (χ0n) is 28.8. The zero-order chi connectivity index (χ0) is 37.8. The fourth-order valence-electron chi connectivity index (χ4n) is 6.21. The summed E-state index contributed by atoms with van der Waals surface area (Å²) in [6.07, 6.45) is -11.6. The maximum Gasteiger partial charge on any atom is 0.416 e. The van der Waals surface area contributed by atoms with Crippen LogP contribution in [0.25, 0.3) is 11.1 Å². The van der Waals surface area contributed by atoms with Crippen molar-refractivity contribution >= 4 is 17.5 Å². The Hall–Kier alpha value is -4.88. The van der Waals surface area contributed by atoms with E-state index in [4.69, 9.17) is 4.74 Å². The normalized spacial score (nSPS) is 17.2. The minimum Gasteiger partial charge on any atom is -0.486 e. The van der Waals surface area contributed by atoms with Gasteiger partial charge in [0.05, 0.1) is 41.4 Å². The van der Waals surface area contributed by atoms with E-state index in [1.807, 2.05) is 73.5 Å². The lowest BCUT2D eigenvalue weighted by Gasteiger charge is -2.38. The van der Waals surface area contributed by atoms with Crippen LogP contribution in [-0.4, -0.2) is 65.6 Å². The SMILES string of the molecule is CC(CO)N1C[C@@H](C)[C@@H](CN(C)Cc2ccc(-c3ccccc3)cc2)Oc2c(NC(=O)Cc3ccc(C(F)(F)F)cc3C(F)(F)F)cccc2C1=O. The summed E-state index contributed by atoms with van der Waals surface area (Å²) in [5.41, 5.74) is -0.430. The van der Waals surface area contributed by atoms with Crippen molar-refractivity contribution in [2.45, 2.75) is 51.3 Å². The minimum atomic E-state index is -5.15. The van der Waals surface area contributed by atoms with Gasteiger partial charge >= 0.3 is 12.4 Å². The van der Waals surface area contributed by atoms with Crippen LogP contribution in [0.2, 0.25) is 0 Å². The van der Waals surface area contributed by atoms with Crippen LogP contribution in [0.5, 0.6) is 5.75 Å². The number of fused-ring (bicyclic) bond motifs is 1. The smallest absolute Gasteiger partial charge is 0.416 e. The monoisotopic (exact) mass is 727 g/mol. The summed E-state index contributed by atoms with van der Waals surface area (Å²) in [5.74, 6) is -1.72. The van der Waals surface area contributed by atoms with Crippen LogP contribution < -0.4 is 10.1 Å². The second kappa shape index (κ2) is 15.8. The predicted molar refractivity (Wildman–Crippen MR) is 185 cm³/mol. The number of benzene rings is 4. The van der Waals surface area contributed by atoms with E-state index in [9.17, 15) is 41.0 Å².